The van der Waals surface area contributed by atoms with E-state index in [1.807, 2.05) is 80.8 Å². The van der Waals surface area contributed by atoms with Crippen molar-refractivity contribution in [1.82, 2.24) is 31.1 Å². The van der Waals surface area contributed by atoms with Gasteiger partial charge in [0.05, 0.1) is 6.42 Å². The topological polar surface area (TPSA) is 88.7 Å². The third-order valence-electron chi connectivity index (χ3n) is 16.5. The van der Waals surface area contributed by atoms with Crippen molar-refractivity contribution >= 4 is 56.6 Å². The Hall–Kier alpha value is -7.92. The first-order chi connectivity index (χ1) is 42.4. The van der Waals surface area contributed by atoms with E-state index in [1.54, 1.807) is 0 Å². The molecule has 0 radical (unpaired) electrons. The summed E-state index contributed by atoms with van der Waals surface area (Å²) in [5.74, 6) is -0.0190. The summed E-state index contributed by atoms with van der Waals surface area (Å²) in [6.07, 6.45) is 4.62. The SMILES string of the molecule is CCc1ccc(-c2ccc(C(=O)N[C@H](Cc3ccc4ccccc4c3)CN(C)[C@H](CNC)Cc3ccc(Cl)cc3)cc2)cc1.CNCC(Cc1ccc(Cl)cc1)N(C)C[C@@H](Cc1ccc2ccccc2c1)NC(=O)Cc1ccc(-c2ccccc2)cc1. The zero-order valence-corrected chi connectivity index (χ0v) is 52.4. The number of amides is 2. The van der Waals surface area contributed by atoms with E-state index in [1.165, 1.54) is 54.9 Å². The number of carbonyl (C=O) groups is 2. The highest BCUT2D eigenvalue weighted by atomic mass is 35.5. The van der Waals surface area contributed by atoms with Crippen LogP contribution in [0.5, 0.6) is 0 Å². The van der Waals surface area contributed by atoms with E-state index in [2.05, 4.69) is 222 Å². The van der Waals surface area contributed by atoms with E-state index < -0.39 is 0 Å². The zero-order valence-electron chi connectivity index (χ0n) is 50.9. The van der Waals surface area contributed by atoms with Gasteiger partial charge in [-0.1, -0.05) is 230 Å². The van der Waals surface area contributed by atoms with Gasteiger partial charge in [-0.2, -0.15) is 0 Å². The first-order valence-corrected chi connectivity index (χ1v) is 31.2. The molecule has 4 N–H and O–H groups in total. The van der Waals surface area contributed by atoms with Crippen LogP contribution in [-0.4, -0.2) is 100 Å². The van der Waals surface area contributed by atoms with Crippen molar-refractivity contribution in [2.24, 2.45) is 0 Å². The Morgan fingerprint density at radius 2 is 0.782 bits per heavy atom. The highest BCUT2D eigenvalue weighted by Crippen LogP contribution is 2.25. The molecule has 2 amide bonds. The molecule has 4 atom stereocenters. The van der Waals surface area contributed by atoms with Crippen LogP contribution >= 0.6 is 23.2 Å². The molecule has 446 valence electrons. The Bertz CT molecular complexity index is 3750. The predicted molar refractivity (Wildman–Crippen MR) is 366 cm³/mol. The van der Waals surface area contributed by atoms with Crippen molar-refractivity contribution in [2.45, 2.75) is 69.6 Å². The molecule has 0 heterocycles. The monoisotopic (exact) mass is 1190 g/mol. The van der Waals surface area contributed by atoms with E-state index in [-0.39, 0.29) is 36.0 Å². The van der Waals surface area contributed by atoms with Crippen LogP contribution in [-0.2, 0) is 43.3 Å². The quantitative estimate of drug-likeness (QED) is 0.0432. The first-order valence-electron chi connectivity index (χ1n) is 30.5. The lowest BCUT2D eigenvalue weighted by molar-refractivity contribution is -0.121. The summed E-state index contributed by atoms with van der Waals surface area (Å²) in [5, 5.41) is 19.8. The number of nitrogens with zero attached hydrogens (tertiary/aromatic N) is 2. The van der Waals surface area contributed by atoms with E-state index in [0.717, 1.165) is 84.0 Å². The van der Waals surface area contributed by atoms with Gasteiger partial charge in [-0.15, -0.1) is 0 Å². The van der Waals surface area contributed by atoms with Gasteiger partial charge in [-0.05, 0) is 174 Å². The van der Waals surface area contributed by atoms with Gasteiger partial charge in [-0.3, -0.25) is 19.4 Å². The largest absolute Gasteiger partial charge is 0.351 e. The number of benzene rings is 10. The van der Waals surface area contributed by atoms with Crippen LogP contribution in [0.15, 0.2) is 237 Å². The van der Waals surface area contributed by atoms with Gasteiger partial charge in [0.2, 0.25) is 5.91 Å². The van der Waals surface area contributed by atoms with Crippen LogP contribution in [0.2, 0.25) is 10.0 Å². The minimum absolute atomic E-state index is 0.0366. The van der Waals surface area contributed by atoms with E-state index in [0.29, 0.717) is 18.5 Å². The fraction of sp³-hybridized carbons (Fsp3) is 0.247. The van der Waals surface area contributed by atoms with Gasteiger partial charge < -0.3 is 21.3 Å². The molecule has 0 saturated carbocycles. The Balaban J connectivity index is 0.000000208. The van der Waals surface area contributed by atoms with E-state index in [4.69, 9.17) is 23.2 Å². The van der Waals surface area contributed by atoms with Crippen LogP contribution in [0.25, 0.3) is 43.8 Å². The standard InChI is InChI=1S/C39H42ClN3O.C38H40ClN3O/c1-4-28-9-14-32(15-10-28)33-17-19-34(20-18-33)39(44)42-37(24-30-11-16-31-7-5-6-8-35(31)23-30)27-43(3)38(26-41-2)25-29-12-21-36(40)22-13-29;1-40-26-37(24-28-15-20-35(39)21-16-28)42(2)27-36(23-30-14-19-32-10-6-7-11-34(32)22-30)41-38(43)25-29-12-17-33(18-13-29)31-8-4-3-5-9-31/h5-23,37-38,41H,4,24-27H2,1-3H3,(H,42,44);3-22,36-37,40H,23-27H2,1-2H3,(H,41,43)/t37-,38+;36-,37?/m11/s1. The lowest BCUT2D eigenvalue weighted by atomic mass is 9.99. The molecule has 10 aromatic carbocycles. The zero-order chi connectivity index (χ0) is 60.9. The molecule has 0 aliphatic rings. The smallest absolute Gasteiger partial charge is 0.251 e. The lowest BCUT2D eigenvalue weighted by Crippen LogP contribution is -2.49. The Kier molecular flexibility index (Phi) is 23.5. The second-order valence-electron chi connectivity index (χ2n) is 23.0. The molecule has 0 bridgehead atoms. The van der Waals surface area contributed by atoms with Crippen molar-refractivity contribution < 1.29 is 9.59 Å². The minimum atomic E-state index is -0.0838. The fourth-order valence-electron chi connectivity index (χ4n) is 11.6. The molecule has 87 heavy (non-hydrogen) atoms. The second kappa shape index (κ2) is 32.2. The summed E-state index contributed by atoms with van der Waals surface area (Å²) in [6, 6.07) is 81.7. The molecule has 0 fully saturated rings. The van der Waals surface area contributed by atoms with Crippen molar-refractivity contribution in [3.63, 3.8) is 0 Å². The Morgan fingerprint density at radius 1 is 0.402 bits per heavy atom. The van der Waals surface area contributed by atoms with Crippen molar-refractivity contribution in [3.8, 4) is 22.3 Å². The molecule has 1 unspecified atom stereocenters. The Morgan fingerprint density at radius 3 is 1.23 bits per heavy atom. The van der Waals surface area contributed by atoms with Crippen LogP contribution in [0, 0.1) is 0 Å². The summed E-state index contributed by atoms with van der Waals surface area (Å²) in [5.41, 5.74) is 12.5. The lowest BCUT2D eigenvalue weighted by Gasteiger charge is -2.32. The van der Waals surface area contributed by atoms with Gasteiger partial charge in [0.15, 0.2) is 0 Å². The molecule has 8 nitrogen and oxygen atoms in total. The van der Waals surface area contributed by atoms with Crippen LogP contribution in [0.4, 0.5) is 0 Å². The van der Waals surface area contributed by atoms with E-state index >= 15 is 0 Å². The van der Waals surface area contributed by atoms with Crippen molar-refractivity contribution in [2.75, 3.05) is 54.4 Å². The predicted octanol–water partition coefficient (Wildman–Crippen LogP) is 15.0. The van der Waals surface area contributed by atoms with E-state index in [9.17, 15) is 9.59 Å². The van der Waals surface area contributed by atoms with Gasteiger partial charge in [0.25, 0.3) is 5.91 Å². The molecular weight excluding hydrogens is 1110 g/mol. The number of hydrogen-bond acceptors (Lipinski definition) is 6. The average Bonchev–Trinajstić information content (AvgIpc) is 3.46. The van der Waals surface area contributed by atoms with Crippen molar-refractivity contribution in [3.05, 3.63) is 286 Å². The first kappa shape index (κ1) is 63.6. The number of halogens is 2. The maximum atomic E-state index is 13.6. The fourth-order valence-corrected chi connectivity index (χ4v) is 11.8. The van der Waals surface area contributed by atoms with Gasteiger partial charge in [0, 0.05) is 66.0 Å². The highest BCUT2D eigenvalue weighted by molar-refractivity contribution is 6.30. The molecule has 10 rings (SSSR count). The summed E-state index contributed by atoms with van der Waals surface area (Å²) >= 11 is 12.3. The molecule has 10 aromatic rings. The number of nitrogens with one attached hydrogen (secondary N) is 4. The van der Waals surface area contributed by atoms with Gasteiger partial charge >= 0.3 is 0 Å². The van der Waals surface area contributed by atoms with Gasteiger partial charge in [-0.25, -0.2) is 0 Å². The third-order valence-corrected chi connectivity index (χ3v) is 17.0. The van der Waals surface area contributed by atoms with Crippen LogP contribution in [0.1, 0.15) is 50.7 Å². The number of rotatable bonds is 26. The summed E-state index contributed by atoms with van der Waals surface area (Å²) in [4.78, 5) is 31.8. The molecule has 10 heteroatoms. The van der Waals surface area contributed by atoms with Crippen LogP contribution < -0.4 is 21.3 Å². The molecule has 0 saturated heterocycles. The third kappa shape index (κ3) is 19.0. The molecule has 0 aliphatic heterocycles. The number of fused-ring (bicyclic) bond motifs is 2. The highest BCUT2D eigenvalue weighted by Gasteiger charge is 2.24. The summed E-state index contributed by atoms with van der Waals surface area (Å²) in [7, 11) is 8.27. The molecule has 0 spiro atoms. The van der Waals surface area contributed by atoms with Gasteiger partial charge in [0.1, 0.15) is 0 Å². The summed E-state index contributed by atoms with van der Waals surface area (Å²) < 4.78 is 0. The van der Waals surface area contributed by atoms with Crippen molar-refractivity contribution in [1.29, 1.82) is 0 Å². The normalized spacial score (nSPS) is 12.7. The second-order valence-corrected chi connectivity index (χ2v) is 23.9. The molecule has 0 aliphatic carbocycles. The Labute approximate surface area is 526 Å². The summed E-state index contributed by atoms with van der Waals surface area (Å²) in [6.45, 7) is 5.26. The van der Waals surface area contributed by atoms with Crippen LogP contribution in [0.3, 0.4) is 0 Å². The minimum Gasteiger partial charge on any atom is -0.351 e. The maximum Gasteiger partial charge on any atom is 0.251 e. The number of carbonyl (C=O) groups excluding carboxylic acids is 2. The molecule has 0 aromatic heterocycles. The number of hydrogen-bond donors (Lipinski definition) is 4. The maximum absolute atomic E-state index is 13.6. The molecular formula is C77H82Cl2N6O2. The number of aryl methyl sites for hydroxylation is 1. The number of likely N-dealkylation sites (N-methyl/N-ethyl adjacent to an activating group) is 4. The average molecular weight is 1190 g/mol.